The molecule has 2 heterocycles. The van der Waals surface area contributed by atoms with Crippen LogP contribution in [-0.2, 0) is 9.84 Å². The quantitative estimate of drug-likeness (QED) is 0.609. The Kier molecular flexibility index (Phi) is 3.51. The average Bonchev–Trinajstić information content (AvgIpc) is 3.25. The molecule has 0 amide bonds. The molecule has 7 nitrogen and oxygen atoms in total. The monoisotopic (exact) mass is 297 g/mol. The van der Waals surface area contributed by atoms with Crippen molar-refractivity contribution in [3.8, 4) is 0 Å². The van der Waals surface area contributed by atoms with E-state index in [4.69, 9.17) is 5.84 Å². The van der Waals surface area contributed by atoms with Crippen molar-refractivity contribution in [2.24, 2.45) is 5.84 Å². The van der Waals surface area contributed by atoms with Gasteiger partial charge in [-0.15, -0.1) is 0 Å². The second kappa shape index (κ2) is 5.17. The molecule has 20 heavy (non-hydrogen) atoms. The van der Waals surface area contributed by atoms with Gasteiger partial charge in [-0.05, 0) is 19.3 Å². The van der Waals surface area contributed by atoms with Gasteiger partial charge in [0, 0.05) is 25.1 Å². The van der Waals surface area contributed by atoms with Crippen LogP contribution in [0.4, 0.5) is 11.6 Å². The number of aromatic nitrogens is 2. The van der Waals surface area contributed by atoms with Crippen LogP contribution >= 0.6 is 0 Å². The summed E-state index contributed by atoms with van der Waals surface area (Å²) in [7, 11) is -2.92. The largest absolute Gasteiger partial charge is 0.355 e. The lowest BCUT2D eigenvalue weighted by molar-refractivity contribution is 0.597. The van der Waals surface area contributed by atoms with E-state index in [1.54, 1.807) is 6.07 Å². The number of nitrogen functional groups attached to an aromatic ring is 1. The molecule has 8 heteroatoms. The van der Waals surface area contributed by atoms with Gasteiger partial charge < -0.3 is 10.3 Å². The van der Waals surface area contributed by atoms with Gasteiger partial charge in [0.25, 0.3) is 0 Å². The van der Waals surface area contributed by atoms with Gasteiger partial charge in [-0.25, -0.2) is 24.2 Å². The van der Waals surface area contributed by atoms with Crippen LogP contribution in [0.5, 0.6) is 0 Å². The highest BCUT2D eigenvalue weighted by Crippen LogP contribution is 2.39. The maximum Gasteiger partial charge on any atom is 0.152 e. The summed E-state index contributed by atoms with van der Waals surface area (Å²) < 4.78 is 23.3. The molecule has 1 aromatic heterocycles. The Morgan fingerprint density at radius 3 is 2.75 bits per heavy atom. The standard InChI is InChI=1S/C12H19N5O2S/c13-16-10-8-11(15-12(14-10)9-2-3-9)17-4-1-6-20(18,19)7-5-17/h8-9H,1-7,13H2,(H,14,15,16). The molecule has 1 saturated carbocycles. The van der Waals surface area contributed by atoms with Gasteiger partial charge in [-0.3, -0.25) is 0 Å². The molecule has 3 rings (SSSR count). The van der Waals surface area contributed by atoms with Crippen LogP contribution in [-0.4, -0.2) is 43.0 Å². The van der Waals surface area contributed by atoms with Gasteiger partial charge >= 0.3 is 0 Å². The van der Waals surface area contributed by atoms with E-state index in [9.17, 15) is 8.42 Å². The Balaban J connectivity index is 1.86. The summed E-state index contributed by atoms with van der Waals surface area (Å²) in [6.07, 6.45) is 2.86. The van der Waals surface area contributed by atoms with Crippen LogP contribution in [0.1, 0.15) is 31.0 Å². The fourth-order valence-corrected chi connectivity index (χ4v) is 3.65. The number of rotatable bonds is 3. The molecule has 0 aromatic carbocycles. The van der Waals surface area contributed by atoms with Crippen molar-refractivity contribution in [2.45, 2.75) is 25.2 Å². The van der Waals surface area contributed by atoms with E-state index in [1.807, 2.05) is 4.90 Å². The van der Waals surface area contributed by atoms with Crippen LogP contribution in [0.25, 0.3) is 0 Å². The molecule has 0 spiro atoms. The number of anilines is 2. The molecule has 1 aliphatic heterocycles. The zero-order valence-electron chi connectivity index (χ0n) is 11.2. The third kappa shape index (κ3) is 3.01. The van der Waals surface area contributed by atoms with Crippen LogP contribution < -0.4 is 16.2 Å². The Morgan fingerprint density at radius 1 is 1.25 bits per heavy atom. The van der Waals surface area contributed by atoms with Crippen LogP contribution in [0.3, 0.4) is 0 Å². The highest BCUT2D eigenvalue weighted by atomic mass is 32.2. The third-order valence-electron chi connectivity index (χ3n) is 3.70. The van der Waals surface area contributed by atoms with E-state index >= 15 is 0 Å². The lowest BCUT2D eigenvalue weighted by Crippen LogP contribution is -2.28. The van der Waals surface area contributed by atoms with Crippen molar-refractivity contribution in [3.63, 3.8) is 0 Å². The first-order chi connectivity index (χ1) is 9.57. The maximum atomic E-state index is 11.7. The molecule has 3 N–H and O–H groups in total. The number of nitrogens with two attached hydrogens (primary N) is 1. The topological polar surface area (TPSA) is 101 Å². The Hall–Kier alpha value is -1.41. The third-order valence-corrected chi connectivity index (χ3v) is 5.42. The molecule has 0 bridgehead atoms. The summed E-state index contributed by atoms with van der Waals surface area (Å²) in [5.41, 5.74) is 2.57. The predicted octanol–water partition coefficient (Wildman–Crippen LogP) is 0.264. The van der Waals surface area contributed by atoms with Crippen LogP contribution in [0, 0.1) is 0 Å². The molecule has 1 saturated heterocycles. The smallest absolute Gasteiger partial charge is 0.152 e. The van der Waals surface area contributed by atoms with E-state index < -0.39 is 9.84 Å². The highest BCUT2D eigenvalue weighted by molar-refractivity contribution is 7.91. The zero-order valence-corrected chi connectivity index (χ0v) is 12.1. The van der Waals surface area contributed by atoms with E-state index in [-0.39, 0.29) is 11.5 Å². The first kappa shape index (κ1) is 13.6. The molecule has 2 fully saturated rings. The van der Waals surface area contributed by atoms with Crippen molar-refractivity contribution >= 4 is 21.5 Å². The number of sulfone groups is 1. The second-order valence-electron chi connectivity index (χ2n) is 5.38. The second-order valence-corrected chi connectivity index (χ2v) is 7.68. The summed E-state index contributed by atoms with van der Waals surface area (Å²) in [4.78, 5) is 11.0. The normalized spacial score (nSPS) is 22.4. The molecular weight excluding hydrogens is 278 g/mol. The van der Waals surface area contributed by atoms with E-state index in [0.29, 0.717) is 31.2 Å². The zero-order chi connectivity index (χ0) is 14.2. The summed E-state index contributed by atoms with van der Waals surface area (Å²) in [5.74, 6) is 8.49. The minimum atomic E-state index is -2.92. The summed E-state index contributed by atoms with van der Waals surface area (Å²) >= 11 is 0. The van der Waals surface area contributed by atoms with Crippen molar-refractivity contribution in [2.75, 3.05) is 34.9 Å². The predicted molar refractivity (Wildman–Crippen MR) is 77.3 cm³/mol. The minimum absolute atomic E-state index is 0.182. The fourth-order valence-electron chi connectivity index (χ4n) is 2.38. The van der Waals surface area contributed by atoms with Gasteiger partial charge in [0.2, 0.25) is 0 Å². The Labute approximate surface area is 118 Å². The first-order valence-corrected chi connectivity index (χ1v) is 8.70. The number of hydrazine groups is 1. The minimum Gasteiger partial charge on any atom is -0.355 e. The van der Waals surface area contributed by atoms with E-state index in [1.165, 1.54) is 0 Å². The first-order valence-electron chi connectivity index (χ1n) is 6.88. The maximum absolute atomic E-state index is 11.7. The molecule has 2 aliphatic rings. The SMILES string of the molecule is NNc1cc(N2CCCS(=O)(=O)CC2)nc(C2CC2)n1. The summed E-state index contributed by atoms with van der Waals surface area (Å²) in [6, 6.07) is 1.78. The molecular formula is C12H19N5O2S. The van der Waals surface area contributed by atoms with Gasteiger partial charge in [-0.2, -0.15) is 0 Å². The number of hydrogen-bond acceptors (Lipinski definition) is 7. The number of nitrogens with zero attached hydrogens (tertiary/aromatic N) is 3. The Bertz CT molecular complexity index is 600. The van der Waals surface area contributed by atoms with Gasteiger partial charge in [-0.1, -0.05) is 0 Å². The van der Waals surface area contributed by atoms with Crippen LogP contribution in [0.2, 0.25) is 0 Å². The summed E-state index contributed by atoms with van der Waals surface area (Å²) in [5, 5.41) is 0. The lowest BCUT2D eigenvalue weighted by Gasteiger charge is -2.21. The summed E-state index contributed by atoms with van der Waals surface area (Å²) in [6.45, 7) is 1.18. The molecule has 110 valence electrons. The number of hydrogen-bond donors (Lipinski definition) is 2. The van der Waals surface area contributed by atoms with Crippen molar-refractivity contribution < 1.29 is 8.42 Å². The van der Waals surface area contributed by atoms with Gasteiger partial charge in [0.05, 0.1) is 11.5 Å². The van der Waals surface area contributed by atoms with Crippen LogP contribution in [0.15, 0.2) is 6.07 Å². The Morgan fingerprint density at radius 2 is 2.05 bits per heavy atom. The molecule has 0 radical (unpaired) electrons. The van der Waals surface area contributed by atoms with Gasteiger partial charge in [0.15, 0.2) is 9.84 Å². The molecule has 1 aliphatic carbocycles. The van der Waals surface area contributed by atoms with Crippen molar-refractivity contribution in [3.05, 3.63) is 11.9 Å². The fraction of sp³-hybridized carbons (Fsp3) is 0.667. The van der Waals surface area contributed by atoms with Gasteiger partial charge in [0.1, 0.15) is 17.5 Å². The van der Waals surface area contributed by atoms with E-state index in [2.05, 4.69) is 15.4 Å². The molecule has 1 aromatic rings. The number of nitrogens with one attached hydrogen (secondary N) is 1. The lowest BCUT2D eigenvalue weighted by atomic mass is 10.3. The highest BCUT2D eigenvalue weighted by Gasteiger charge is 2.28. The molecule has 0 unspecified atom stereocenters. The van der Waals surface area contributed by atoms with Crippen molar-refractivity contribution in [1.29, 1.82) is 0 Å². The van der Waals surface area contributed by atoms with E-state index in [0.717, 1.165) is 24.5 Å². The molecule has 0 atom stereocenters. The average molecular weight is 297 g/mol. The van der Waals surface area contributed by atoms with Crippen molar-refractivity contribution in [1.82, 2.24) is 9.97 Å².